The molecule has 1 rings (SSSR count). The number of nitrogens with zero attached hydrogens (tertiary/aromatic N) is 2. The van der Waals surface area contributed by atoms with E-state index in [0.29, 0.717) is 13.1 Å². The molecular weight excluding hydrogens is 248 g/mol. The SMILES string of the molecule is CCN(CC(=O)NC)Cc1ccc([N+](=O)[O-])c(N)c1. The van der Waals surface area contributed by atoms with Crippen LogP contribution in [-0.2, 0) is 11.3 Å². The number of hydrogen-bond acceptors (Lipinski definition) is 5. The number of nitro groups is 1. The van der Waals surface area contributed by atoms with Crippen LogP contribution >= 0.6 is 0 Å². The number of likely N-dealkylation sites (N-methyl/N-ethyl adjacent to an activating group) is 2. The second-order valence-corrected chi connectivity index (χ2v) is 4.13. The van der Waals surface area contributed by atoms with Gasteiger partial charge in [-0.2, -0.15) is 0 Å². The van der Waals surface area contributed by atoms with Crippen molar-refractivity contribution in [3.05, 3.63) is 33.9 Å². The fourth-order valence-electron chi connectivity index (χ4n) is 1.69. The van der Waals surface area contributed by atoms with Crippen molar-refractivity contribution in [2.24, 2.45) is 0 Å². The molecular formula is C12H18N4O3. The van der Waals surface area contributed by atoms with Crippen molar-refractivity contribution in [3.63, 3.8) is 0 Å². The van der Waals surface area contributed by atoms with E-state index in [0.717, 1.165) is 5.56 Å². The zero-order valence-electron chi connectivity index (χ0n) is 11.0. The zero-order valence-corrected chi connectivity index (χ0v) is 11.0. The molecule has 0 atom stereocenters. The molecule has 0 aliphatic heterocycles. The number of nitro benzene ring substituents is 1. The molecule has 0 aliphatic carbocycles. The van der Waals surface area contributed by atoms with Crippen LogP contribution in [0, 0.1) is 10.1 Å². The zero-order chi connectivity index (χ0) is 14.4. The minimum absolute atomic E-state index is 0.0725. The van der Waals surface area contributed by atoms with Crippen molar-refractivity contribution < 1.29 is 9.72 Å². The predicted octanol–water partition coefficient (Wildman–Crippen LogP) is 0.745. The molecule has 19 heavy (non-hydrogen) atoms. The van der Waals surface area contributed by atoms with Crippen molar-refractivity contribution in [2.45, 2.75) is 13.5 Å². The number of carbonyl (C=O) groups is 1. The molecule has 0 fully saturated rings. The second-order valence-electron chi connectivity index (χ2n) is 4.13. The van der Waals surface area contributed by atoms with Crippen LogP contribution < -0.4 is 11.1 Å². The van der Waals surface area contributed by atoms with Crippen LogP contribution in [0.1, 0.15) is 12.5 Å². The van der Waals surface area contributed by atoms with Gasteiger partial charge in [-0.1, -0.05) is 13.0 Å². The summed E-state index contributed by atoms with van der Waals surface area (Å²) in [6.07, 6.45) is 0. The summed E-state index contributed by atoms with van der Waals surface area (Å²) in [5, 5.41) is 13.2. The van der Waals surface area contributed by atoms with Crippen molar-refractivity contribution in [1.29, 1.82) is 0 Å². The summed E-state index contributed by atoms with van der Waals surface area (Å²) < 4.78 is 0. The van der Waals surface area contributed by atoms with Gasteiger partial charge in [0.1, 0.15) is 5.69 Å². The molecule has 0 spiro atoms. The van der Waals surface area contributed by atoms with Gasteiger partial charge in [-0.25, -0.2) is 0 Å². The Labute approximate surface area is 111 Å². The van der Waals surface area contributed by atoms with E-state index in [9.17, 15) is 14.9 Å². The first-order chi connectivity index (χ1) is 8.97. The van der Waals surface area contributed by atoms with Crippen LogP contribution in [0.5, 0.6) is 0 Å². The third-order valence-electron chi connectivity index (χ3n) is 2.79. The number of nitrogens with two attached hydrogens (primary N) is 1. The topological polar surface area (TPSA) is 102 Å². The number of carbonyl (C=O) groups excluding carboxylic acids is 1. The molecule has 0 aromatic heterocycles. The predicted molar refractivity (Wildman–Crippen MR) is 72.5 cm³/mol. The highest BCUT2D eigenvalue weighted by atomic mass is 16.6. The molecule has 104 valence electrons. The second kappa shape index (κ2) is 6.69. The molecule has 0 unspecified atom stereocenters. The highest BCUT2D eigenvalue weighted by Gasteiger charge is 2.13. The van der Waals surface area contributed by atoms with Gasteiger partial charge in [-0.05, 0) is 18.2 Å². The van der Waals surface area contributed by atoms with E-state index in [1.807, 2.05) is 11.8 Å². The summed E-state index contributed by atoms with van der Waals surface area (Å²) in [5.41, 5.74) is 6.51. The van der Waals surface area contributed by atoms with Gasteiger partial charge in [0.05, 0.1) is 11.5 Å². The normalized spacial score (nSPS) is 10.5. The van der Waals surface area contributed by atoms with Gasteiger partial charge < -0.3 is 11.1 Å². The van der Waals surface area contributed by atoms with Gasteiger partial charge in [0.15, 0.2) is 0 Å². The maximum atomic E-state index is 11.3. The first-order valence-corrected chi connectivity index (χ1v) is 5.93. The molecule has 3 N–H and O–H groups in total. The third-order valence-corrected chi connectivity index (χ3v) is 2.79. The van der Waals surface area contributed by atoms with E-state index in [-0.39, 0.29) is 23.8 Å². The Kier molecular flexibility index (Phi) is 5.25. The average molecular weight is 266 g/mol. The van der Waals surface area contributed by atoms with Crippen LogP contribution in [0.4, 0.5) is 11.4 Å². The average Bonchev–Trinajstić information content (AvgIpc) is 2.37. The van der Waals surface area contributed by atoms with E-state index in [4.69, 9.17) is 5.73 Å². The number of benzene rings is 1. The standard InChI is InChI=1S/C12H18N4O3/c1-3-15(8-12(17)14-2)7-9-4-5-11(16(18)19)10(13)6-9/h4-6H,3,7-8,13H2,1-2H3,(H,14,17). The van der Waals surface area contributed by atoms with Gasteiger partial charge >= 0.3 is 0 Å². The maximum Gasteiger partial charge on any atom is 0.292 e. The Hall–Kier alpha value is -2.15. The van der Waals surface area contributed by atoms with Crippen molar-refractivity contribution in [2.75, 3.05) is 25.9 Å². The highest BCUT2D eigenvalue weighted by Crippen LogP contribution is 2.22. The van der Waals surface area contributed by atoms with Gasteiger partial charge in [0.2, 0.25) is 5.91 Å². The molecule has 0 saturated carbocycles. The molecule has 1 amide bonds. The molecule has 0 saturated heterocycles. The summed E-state index contributed by atoms with van der Waals surface area (Å²) in [6, 6.07) is 4.62. The van der Waals surface area contributed by atoms with Gasteiger partial charge in [0, 0.05) is 19.7 Å². The van der Waals surface area contributed by atoms with Crippen LogP contribution in [0.2, 0.25) is 0 Å². The minimum Gasteiger partial charge on any atom is -0.393 e. The quantitative estimate of drug-likeness (QED) is 0.449. The van der Waals surface area contributed by atoms with E-state index < -0.39 is 4.92 Å². The molecule has 1 aromatic carbocycles. The molecule has 1 aromatic rings. The fourth-order valence-corrected chi connectivity index (χ4v) is 1.69. The Bertz CT molecular complexity index is 476. The Balaban J connectivity index is 2.78. The van der Waals surface area contributed by atoms with Gasteiger partial charge in [0.25, 0.3) is 5.69 Å². The van der Waals surface area contributed by atoms with Crippen molar-refractivity contribution >= 4 is 17.3 Å². The summed E-state index contributed by atoms with van der Waals surface area (Å²) in [7, 11) is 1.58. The first kappa shape index (κ1) is 14.9. The van der Waals surface area contributed by atoms with Crippen LogP contribution in [-0.4, -0.2) is 35.9 Å². The number of rotatable bonds is 6. The van der Waals surface area contributed by atoms with Gasteiger partial charge in [-0.3, -0.25) is 19.8 Å². The third kappa shape index (κ3) is 4.22. The van der Waals surface area contributed by atoms with Crippen molar-refractivity contribution in [3.8, 4) is 0 Å². The van der Waals surface area contributed by atoms with Crippen LogP contribution in [0.25, 0.3) is 0 Å². The maximum absolute atomic E-state index is 11.3. The van der Waals surface area contributed by atoms with E-state index in [2.05, 4.69) is 5.32 Å². The Morgan fingerprint density at radius 1 is 1.53 bits per heavy atom. The fraction of sp³-hybridized carbons (Fsp3) is 0.417. The largest absolute Gasteiger partial charge is 0.393 e. The number of nitrogens with one attached hydrogen (secondary N) is 1. The molecule has 0 bridgehead atoms. The Morgan fingerprint density at radius 2 is 2.21 bits per heavy atom. The monoisotopic (exact) mass is 266 g/mol. The van der Waals surface area contributed by atoms with E-state index in [1.165, 1.54) is 6.07 Å². The molecule has 7 nitrogen and oxygen atoms in total. The first-order valence-electron chi connectivity index (χ1n) is 5.93. The summed E-state index contributed by atoms with van der Waals surface area (Å²) in [5.74, 6) is -0.0725. The molecule has 7 heteroatoms. The van der Waals surface area contributed by atoms with E-state index in [1.54, 1.807) is 19.2 Å². The number of hydrogen-bond donors (Lipinski definition) is 2. The van der Waals surface area contributed by atoms with Crippen LogP contribution in [0.3, 0.4) is 0 Å². The Morgan fingerprint density at radius 3 is 2.68 bits per heavy atom. The van der Waals surface area contributed by atoms with Gasteiger partial charge in [-0.15, -0.1) is 0 Å². The van der Waals surface area contributed by atoms with Crippen molar-refractivity contribution in [1.82, 2.24) is 10.2 Å². The lowest BCUT2D eigenvalue weighted by Crippen LogP contribution is -2.35. The molecule has 0 radical (unpaired) electrons. The number of anilines is 1. The lowest BCUT2D eigenvalue weighted by atomic mass is 10.1. The smallest absolute Gasteiger partial charge is 0.292 e. The highest BCUT2D eigenvalue weighted by molar-refractivity contribution is 5.77. The van der Waals surface area contributed by atoms with Crippen LogP contribution in [0.15, 0.2) is 18.2 Å². The van der Waals surface area contributed by atoms with E-state index >= 15 is 0 Å². The minimum atomic E-state index is -0.513. The lowest BCUT2D eigenvalue weighted by Gasteiger charge is -2.19. The molecule has 0 aliphatic rings. The lowest BCUT2D eigenvalue weighted by molar-refractivity contribution is -0.383. The molecule has 0 heterocycles. The summed E-state index contributed by atoms with van der Waals surface area (Å²) in [4.78, 5) is 23.4. The summed E-state index contributed by atoms with van der Waals surface area (Å²) >= 11 is 0. The number of nitrogen functional groups attached to an aromatic ring is 1. The summed E-state index contributed by atoms with van der Waals surface area (Å²) in [6.45, 7) is 3.44. The number of amides is 1.